The molecule has 1 atom stereocenters. The summed E-state index contributed by atoms with van der Waals surface area (Å²) in [6.45, 7) is 5.52. The molecule has 0 aliphatic heterocycles. The smallest absolute Gasteiger partial charge is 0.123 e. The average Bonchev–Trinajstić information content (AvgIpc) is 2.06. The minimum Gasteiger partial charge on any atom is -0.325 e. The second-order valence-corrected chi connectivity index (χ2v) is 6.24. The van der Waals surface area contributed by atoms with Gasteiger partial charge in [-0.05, 0) is 44.0 Å². The summed E-state index contributed by atoms with van der Waals surface area (Å²) in [5, 5.41) is 0. The maximum absolute atomic E-state index is 12.9. The summed E-state index contributed by atoms with van der Waals surface area (Å²) in [7, 11) is -1.00. The van der Waals surface area contributed by atoms with E-state index in [1.165, 1.54) is 12.1 Å². The molecule has 0 radical (unpaired) electrons. The maximum Gasteiger partial charge on any atom is 0.123 e. The Morgan fingerprint density at radius 1 is 1.44 bits per heavy atom. The van der Waals surface area contributed by atoms with Crippen LogP contribution < -0.4 is 5.73 Å². The van der Waals surface area contributed by atoms with E-state index in [0.29, 0.717) is 11.5 Å². The summed E-state index contributed by atoms with van der Waals surface area (Å²) in [4.78, 5) is 0. The number of halogens is 1. The van der Waals surface area contributed by atoms with E-state index in [-0.39, 0.29) is 5.82 Å². The van der Waals surface area contributed by atoms with Crippen molar-refractivity contribution in [3.63, 3.8) is 0 Å². The second kappa shape index (κ2) is 5.06. The van der Waals surface area contributed by atoms with Gasteiger partial charge in [0.15, 0.2) is 0 Å². The van der Waals surface area contributed by atoms with Gasteiger partial charge in [0.2, 0.25) is 0 Å². The van der Waals surface area contributed by atoms with E-state index < -0.39 is 16.3 Å². The van der Waals surface area contributed by atoms with Gasteiger partial charge in [-0.25, -0.2) is 4.39 Å². The summed E-state index contributed by atoms with van der Waals surface area (Å²) in [6.07, 6.45) is 0. The van der Waals surface area contributed by atoms with Crippen LogP contribution in [0.25, 0.3) is 0 Å². The van der Waals surface area contributed by atoms with E-state index in [2.05, 4.69) is 0 Å². The molecule has 0 heterocycles. The van der Waals surface area contributed by atoms with E-state index in [4.69, 9.17) is 5.73 Å². The number of hydrogen-bond acceptors (Lipinski definition) is 2. The molecule has 0 aliphatic carbocycles. The molecule has 0 bridgehead atoms. The minimum atomic E-state index is -1.00. The zero-order valence-electron chi connectivity index (χ0n) is 9.92. The van der Waals surface area contributed by atoms with Crippen molar-refractivity contribution < 1.29 is 8.60 Å². The monoisotopic (exact) mass is 243 g/mol. The third-order valence-electron chi connectivity index (χ3n) is 2.15. The largest absolute Gasteiger partial charge is 0.325 e. The summed E-state index contributed by atoms with van der Waals surface area (Å²) in [5.74, 6) is 0.627. The molecule has 0 aromatic heterocycles. The molecular weight excluding hydrogens is 225 g/mol. The van der Waals surface area contributed by atoms with E-state index in [9.17, 15) is 8.60 Å². The second-order valence-electron chi connectivity index (χ2n) is 4.79. The first-order valence-corrected chi connectivity index (χ1v) is 6.65. The number of hydrogen-bond donors (Lipinski definition) is 1. The molecule has 2 nitrogen and oxygen atoms in total. The molecule has 1 rings (SSSR count). The lowest BCUT2D eigenvalue weighted by atomic mass is 10.1. The molecule has 0 saturated heterocycles. The molecule has 0 saturated carbocycles. The van der Waals surface area contributed by atoms with Gasteiger partial charge in [-0.2, -0.15) is 0 Å². The van der Waals surface area contributed by atoms with Crippen LogP contribution in [0, 0.1) is 12.7 Å². The molecule has 90 valence electrons. The van der Waals surface area contributed by atoms with Gasteiger partial charge in [0.1, 0.15) is 5.82 Å². The molecule has 1 aromatic carbocycles. The molecule has 2 N–H and O–H groups in total. The van der Waals surface area contributed by atoms with Crippen LogP contribution in [-0.2, 0) is 16.6 Å². The van der Waals surface area contributed by atoms with E-state index >= 15 is 0 Å². The minimum absolute atomic E-state index is 0.258. The number of rotatable bonds is 4. The summed E-state index contributed by atoms with van der Waals surface area (Å²) in [5.41, 5.74) is 7.12. The van der Waals surface area contributed by atoms with Crippen molar-refractivity contribution in [1.29, 1.82) is 0 Å². The van der Waals surface area contributed by atoms with Crippen molar-refractivity contribution in [3.05, 3.63) is 35.1 Å². The average molecular weight is 243 g/mol. The maximum atomic E-state index is 12.9. The SMILES string of the molecule is Cc1cc(F)ccc1CS(=O)CC(C)(C)N. The highest BCUT2D eigenvalue weighted by atomic mass is 32.2. The van der Waals surface area contributed by atoms with Crippen LogP contribution in [0.1, 0.15) is 25.0 Å². The quantitative estimate of drug-likeness (QED) is 0.880. The topological polar surface area (TPSA) is 43.1 Å². The lowest BCUT2D eigenvalue weighted by Gasteiger charge is -2.17. The Morgan fingerprint density at radius 2 is 2.06 bits per heavy atom. The molecule has 1 aromatic rings. The van der Waals surface area contributed by atoms with E-state index in [0.717, 1.165) is 11.1 Å². The van der Waals surface area contributed by atoms with Crippen molar-refractivity contribution in [1.82, 2.24) is 0 Å². The van der Waals surface area contributed by atoms with Crippen molar-refractivity contribution >= 4 is 10.8 Å². The molecule has 0 aliphatic rings. The van der Waals surface area contributed by atoms with Crippen molar-refractivity contribution in [2.45, 2.75) is 32.1 Å². The zero-order chi connectivity index (χ0) is 12.3. The van der Waals surface area contributed by atoms with E-state index in [1.807, 2.05) is 20.8 Å². The van der Waals surface area contributed by atoms with Crippen molar-refractivity contribution in [2.24, 2.45) is 5.73 Å². The van der Waals surface area contributed by atoms with Gasteiger partial charge < -0.3 is 5.73 Å². The van der Waals surface area contributed by atoms with Gasteiger partial charge in [-0.15, -0.1) is 0 Å². The predicted octanol–water partition coefficient (Wildman–Crippen LogP) is 2.12. The van der Waals surface area contributed by atoms with Gasteiger partial charge >= 0.3 is 0 Å². The van der Waals surface area contributed by atoms with Crippen LogP contribution >= 0.6 is 0 Å². The molecule has 0 fully saturated rings. The van der Waals surface area contributed by atoms with E-state index in [1.54, 1.807) is 6.07 Å². The molecule has 0 amide bonds. The fourth-order valence-corrected chi connectivity index (χ4v) is 3.06. The van der Waals surface area contributed by atoms with Crippen LogP contribution in [-0.4, -0.2) is 15.5 Å². The third-order valence-corrected chi connectivity index (χ3v) is 3.85. The Bertz CT molecular complexity index is 398. The normalized spacial score (nSPS) is 13.8. The van der Waals surface area contributed by atoms with Crippen molar-refractivity contribution in [3.8, 4) is 0 Å². The molecule has 0 spiro atoms. The first-order valence-electron chi connectivity index (χ1n) is 5.17. The lowest BCUT2D eigenvalue weighted by Crippen LogP contribution is -2.38. The van der Waals surface area contributed by atoms with Crippen LogP contribution in [0.5, 0.6) is 0 Å². The van der Waals surface area contributed by atoms with Gasteiger partial charge in [0.25, 0.3) is 0 Å². The fraction of sp³-hybridized carbons (Fsp3) is 0.500. The molecular formula is C12H18FNOS. The highest BCUT2D eigenvalue weighted by molar-refractivity contribution is 7.84. The van der Waals surface area contributed by atoms with Crippen LogP contribution in [0.15, 0.2) is 18.2 Å². The molecule has 1 unspecified atom stereocenters. The molecule has 4 heteroatoms. The summed E-state index contributed by atoms with van der Waals surface area (Å²) < 4.78 is 24.7. The Labute approximate surface area is 98.5 Å². The van der Waals surface area contributed by atoms with Gasteiger partial charge in [0.05, 0.1) is 0 Å². The van der Waals surface area contributed by atoms with Crippen molar-refractivity contribution in [2.75, 3.05) is 5.75 Å². The standard InChI is InChI=1S/C12H18FNOS/c1-9-6-11(13)5-4-10(9)7-16(15)8-12(2,3)14/h4-6H,7-8,14H2,1-3H3. The Balaban J connectivity index is 2.70. The van der Waals surface area contributed by atoms with Gasteiger partial charge in [-0.1, -0.05) is 6.07 Å². The summed E-state index contributed by atoms with van der Waals surface area (Å²) in [6, 6.07) is 4.54. The first kappa shape index (κ1) is 13.3. The number of nitrogens with two attached hydrogens (primary N) is 1. The Morgan fingerprint density at radius 3 is 2.56 bits per heavy atom. The van der Waals surface area contributed by atoms with Crippen LogP contribution in [0.3, 0.4) is 0 Å². The fourth-order valence-electron chi connectivity index (χ4n) is 1.46. The van der Waals surface area contributed by atoms with Crippen LogP contribution in [0.4, 0.5) is 4.39 Å². The Hall–Kier alpha value is -0.740. The van der Waals surface area contributed by atoms with Gasteiger partial charge in [-0.3, -0.25) is 4.21 Å². The number of benzene rings is 1. The molecule has 16 heavy (non-hydrogen) atoms. The number of aryl methyl sites for hydroxylation is 1. The Kier molecular flexibility index (Phi) is 4.21. The third kappa shape index (κ3) is 4.41. The summed E-state index contributed by atoms with van der Waals surface area (Å²) >= 11 is 0. The highest BCUT2D eigenvalue weighted by Gasteiger charge is 2.16. The predicted molar refractivity (Wildman–Crippen MR) is 66.1 cm³/mol. The lowest BCUT2D eigenvalue weighted by molar-refractivity contribution is 0.577. The first-order chi connectivity index (χ1) is 7.28. The van der Waals surface area contributed by atoms with Crippen LogP contribution in [0.2, 0.25) is 0 Å². The zero-order valence-corrected chi connectivity index (χ0v) is 10.7. The highest BCUT2D eigenvalue weighted by Crippen LogP contribution is 2.13. The van der Waals surface area contributed by atoms with Gasteiger partial charge in [0, 0.05) is 27.8 Å².